The molecule has 278 valence electrons. The zero-order valence-corrected chi connectivity index (χ0v) is 22.9. The minimum absolute atomic E-state index is 0.0416. The average Bonchev–Trinajstić information content (AvgIpc) is 2.93. The molecule has 0 aromatic heterocycles. The van der Waals surface area contributed by atoms with E-state index in [1.54, 1.807) is 0 Å². The summed E-state index contributed by atoms with van der Waals surface area (Å²) in [5.74, 6) is -71.9. The number of methoxy groups -OCH3 is 2. The summed E-state index contributed by atoms with van der Waals surface area (Å²) in [7, 11) is 2.08. The zero-order valence-electron chi connectivity index (χ0n) is 22.9. The largest absolute Gasteiger partial charge is 0.497 e. The topological polar surface area (TPSA) is 44.8 Å². The lowest BCUT2D eigenvalue weighted by atomic mass is 9.86. The summed E-state index contributed by atoms with van der Waals surface area (Å²) in [6, 6.07) is 3.07. The summed E-state index contributed by atoms with van der Waals surface area (Å²) in [5, 5.41) is 0. The molecular formula is C23H15F21O4. The van der Waals surface area contributed by atoms with Gasteiger partial charge in [-0.1, -0.05) is 0 Å². The standard InChI is InChI=1S/C23H15F21O4/c1-46-11-5-3-10(12(9-11)47-2)4-6-13(45)48-23(43,44)22(41,42)21(39,40)20(37,38)19(35,36)18(33,34)17(31,32)16(29,30)14(24,25)7-8-15(26,27)28/h3-6,9H,7-8H2,1-2H3. The van der Waals surface area contributed by atoms with E-state index in [-0.39, 0.29) is 23.1 Å². The number of esters is 1. The van der Waals surface area contributed by atoms with Gasteiger partial charge in [-0.2, -0.15) is 92.2 Å². The van der Waals surface area contributed by atoms with Crippen molar-refractivity contribution in [3.8, 4) is 11.5 Å². The molecule has 0 aliphatic carbocycles. The van der Waals surface area contributed by atoms with Gasteiger partial charge in [-0.05, 0) is 18.2 Å². The second kappa shape index (κ2) is 12.8. The molecule has 0 amide bonds. The van der Waals surface area contributed by atoms with Gasteiger partial charge >= 0.3 is 65.6 Å². The molecule has 0 bridgehead atoms. The lowest BCUT2D eigenvalue weighted by Gasteiger charge is -2.44. The van der Waals surface area contributed by atoms with Gasteiger partial charge in [0.15, 0.2) is 0 Å². The number of rotatable bonds is 15. The molecule has 1 rings (SSSR count). The molecule has 0 spiro atoms. The number of hydrogen-bond acceptors (Lipinski definition) is 4. The van der Waals surface area contributed by atoms with Gasteiger partial charge in [0.2, 0.25) is 0 Å². The third-order valence-corrected chi connectivity index (χ3v) is 5.98. The van der Waals surface area contributed by atoms with Crippen LogP contribution in [0.1, 0.15) is 18.4 Å². The van der Waals surface area contributed by atoms with Gasteiger partial charge in [0.25, 0.3) is 0 Å². The van der Waals surface area contributed by atoms with Crippen LogP contribution < -0.4 is 9.47 Å². The Labute approximate surface area is 252 Å². The number of benzene rings is 1. The summed E-state index contributed by atoms with van der Waals surface area (Å²) in [4.78, 5) is 11.6. The predicted molar refractivity (Wildman–Crippen MR) is 114 cm³/mol. The SMILES string of the molecule is COc1ccc(C=CC(=O)OC(F)(F)C(F)(F)C(F)(F)C(F)(F)C(F)(F)C(F)(F)C(F)(F)C(F)(F)C(F)(F)CCC(F)(F)F)c(OC)c1. The Kier molecular flexibility index (Phi) is 11.3. The molecule has 0 aliphatic heterocycles. The first kappa shape index (κ1) is 42.6. The van der Waals surface area contributed by atoms with Crippen LogP contribution in [0.15, 0.2) is 24.3 Å². The van der Waals surface area contributed by atoms with E-state index < -0.39 is 78.5 Å². The van der Waals surface area contributed by atoms with Crippen molar-refractivity contribution in [3.63, 3.8) is 0 Å². The number of carbonyl (C=O) groups is 1. The molecule has 0 aliphatic rings. The highest BCUT2D eigenvalue weighted by Crippen LogP contribution is 2.65. The van der Waals surface area contributed by atoms with Crippen LogP contribution in [0.4, 0.5) is 92.2 Å². The van der Waals surface area contributed by atoms with Crippen molar-refractivity contribution in [1.82, 2.24) is 0 Å². The molecule has 0 unspecified atom stereocenters. The van der Waals surface area contributed by atoms with Gasteiger partial charge in [0.05, 0.1) is 14.2 Å². The van der Waals surface area contributed by atoms with Gasteiger partial charge in [0, 0.05) is 30.5 Å². The van der Waals surface area contributed by atoms with Crippen LogP contribution in [0.5, 0.6) is 11.5 Å². The first-order valence-electron chi connectivity index (χ1n) is 11.7. The minimum atomic E-state index is -9.15. The smallest absolute Gasteiger partial charge is 0.473 e. The molecule has 0 N–H and O–H groups in total. The molecule has 25 heteroatoms. The normalized spacial score (nSPS) is 15.1. The van der Waals surface area contributed by atoms with Crippen LogP contribution in [0.25, 0.3) is 6.08 Å². The molecular weight excluding hydrogens is 739 g/mol. The second-order valence-corrected chi connectivity index (χ2v) is 9.22. The fraction of sp³-hybridized carbons (Fsp3) is 0.609. The van der Waals surface area contributed by atoms with Crippen LogP contribution in [0.3, 0.4) is 0 Å². The molecule has 0 saturated carbocycles. The van der Waals surface area contributed by atoms with Crippen molar-refractivity contribution < 1.29 is 111 Å². The van der Waals surface area contributed by atoms with Crippen LogP contribution in [0.2, 0.25) is 0 Å². The van der Waals surface area contributed by atoms with Crippen LogP contribution >= 0.6 is 0 Å². The Morgan fingerprint density at radius 3 is 1.40 bits per heavy atom. The minimum Gasteiger partial charge on any atom is -0.497 e. The van der Waals surface area contributed by atoms with Crippen LogP contribution in [-0.4, -0.2) is 79.9 Å². The molecule has 0 heterocycles. The summed E-state index contributed by atoms with van der Waals surface area (Å²) >= 11 is 0. The van der Waals surface area contributed by atoms with E-state index in [4.69, 9.17) is 9.47 Å². The van der Waals surface area contributed by atoms with Crippen molar-refractivity contribution >= 4 is 12.0 Å². The number of ether oxygens (including phenoxy) is 3. The van der Waals surface area contributed by atoms with E-state index in [1.165, 1.54) is 0 Å². The van der Waals surface area contributed by atoms with Gasteiger partial charge < -0.3 is 14.2 Å². The summed E-state index contributed by atoms with van der Waals surface area (Å²) < 4.78 is 297. The van der Waals surface area contributed by atoms with Crippen molar-refractivity contribution in [2.24, 2.45) is 0 Å². The Bertz CT molecular complexity index is 1330. The predicted octanol–water partition coefficient (Wildman–Crippen LogP) is 9.28. The maximum absolute atomic E-state index is 14.0. The molecule has 0 radical (unpaired) electrons. The number of halogens is 21. The fourth-order valence-corrected chi connectivity index (χ4v) is 3.19. The first-order chi connectivity index (χ1) is 21.1. The maximum Gasteiger partial charge on any atom is 0.473 e. The molecule has 1 aromatic rings. The van der Waals surface area contributed by atoms with E-state index in [9.17, 15) is 97.0 Å². The molecule has 0 fully saturated rings. The monoisotopic (exact) mass is 754 g/mol. The quantitative estimate of drug-likeness (QED) is 0.102. The van der Waals surface area contributed by atoms with Crippen molar-refractivity contribution in [3.05, 3.63) is 29.8 Å². The lowest BCUT2D eigenvalue weighted by molar-refractivity contribution is -0.474. The van der Waals surface area contributed by atoms with E-state index in [1.807, 2.05) is 0 Å². The molecule has 0 saturated heterocycles. The first-order valence-corrected chi connectivity index (χ1v) is 11.7. The molecule has 0 atom stereocenters. The van der Waals surface area contributed by atoms with Crippen LogP contribution in [0, 0.1) is 0 Å². The van der Waals surface area contributed by atoms with E-state index >= 15 is 0 Å². The Balaban J connectivity index is 3.55. The van der Waals surface area contributed by atoms with E-state index in [0.717, 1.165) is 32.4 Å². The van der Waals surface area contributed by atoms with E-state index in [2.05, 4.69) is 4.74 Å². The fourth-order valence-electron chi connectivity index (χ4n) is 3.19. The Morgan fingerprint density at radius 2 is 1.00 bits per heavy atom. The summed E-state index contributed by atoms with van der Waals surface area (Å²) in [6.07, 6.45) is -20.3. The van der Waals surface area contributed by atoms with Crippen molar-refractivity contribution in [2.75, 3.05) is 14.2 Å². The Morgan fingerprint density at radius 1 is 0.583 bits per heavy atom. The van der Waals surface area contributed by atoms with Gasteiger partial charge in [-0.15, -0.1) is 0 Å². The highest BCUT2D eigenvalue weighted by atomic mass is 19.4. The third-order valence-electron chi connectivity index (χ3n) is 5.98. The maximum atomic E-state index is 14.0. The number of alkyl halides is 21. The number of carbonyl (C=O) groups excluding carboxylic acids is 1. The zero-order chi connectivity index (χ0) is 38.4. The van der Waals surface area contributed by atoms with Crippen molar-refractivity contribution in [1.29, 1.82) is 0 Å². The average molecular weight is 754 g/mol. The highest BCUT2D eigenvalue weighted by Gasteiger charge is 2.96. The van der Waals surface area contributed by atoms with Gasteiger partial charge in [0.1, 0.15) is 11.5 Å². The van der Waals surface area contributed by atoms with Gasteiger partial charge in [-0.25, -0.2) is 4.79 Å². The second-order valence-electron chi connectivity index (χ2n) is 9.22. The molecule has 48 heavy (non-hydrogen) atoms. The number of hydrogen-bond donors (Lipinski definition) is 0. The Hall–Kier alpha value is -3.44. The summed E-state index contributed by atoms with van der Waals surface area (Å²) in [5.41, 5.74) is -0.342. The highest BCUT2D eigenvalue weighted by molar-refractivity contribution is 5.88. The molecule has 4 nitrogen and oxygen atoms in total. The van der Waals surface area contributed by atoms with Crippen LogP contribution in [-0.2, 0) is 9.53 Å². The lowest BCUT2D eigenvalue weighted by Crippen LogP contribution is -2.76. The summed E-state index contributed by atoms with van der Waals surface area (Å²) in [6.45, 7) is 0. The van der Waals surface area contributed by atoms with Crippen molar-refractivity contribution in [2.45, 2.75) is 72.5 Å². The van der Waals surface area contributed by atoms with E-state index in [0.29, 0.717) is 6.08 Å². The van der Waals surface area contributed by atoms with Gasteiger partial charge in [-0.3, -0.25) is 0 Å². The molecule has 1 aromatic carbocycles. The third kappa shape index (κ3) is 6.99.